The van der Waals surface area contributed by atoms with E-state index < -0.39 is 46.7 Å². The molecule has 0 saturated carbocycles. The molecule has 0 aromatic heterocycles. The molecule has 0 aliphatic heterocycles. The summed E-state index contributed by atoms with van der Waals surface area (Å²) >= 11 is 0. The van der Waals surface area contributed by atoms with Crippen LogP contribution in [0.5, 0.6) is 5.75 Å². The summed E-state index contributed by atoms with van der Waals surface area (Å²) in [6.07, 6.45) is -0.878. The molecule has 1 rings (SSSR count). The average molecular weight is 318 g/mol. The van der Waals surface area contributed by atoms with Gasteiger partial charge < -0.3 is 9.47 Å². The molecular weight excluding hydrogens is 301 g/mol. The number of halogens is 3. The van der Waals surface area contributed by atoms with Crippen molar-refractivity contribution in [1.82, 2.24) is 0 Å². The molecule has 1 atom stereocenters. The zero-order valence-electron chi connectivity index (χ0n) is 12.7. The van der Waals surface area contributed by atoms with Gasteiger partial charge >= 0.3 is 11.9 Å². The number of benzene rings is 1. The summed E-state index contributed by atoms with van der Waals surface area (Å²) in [5.74, 6) is -6.70. The van der Waals surface area contributed by atoms with Crippen LogP contribution in [0, 0.1) is 22.9 Å². The molecular formula is C15H17F3O4. The predicted molar refractivity (Wildman–Crippen MR) is 71.6 cm³/mol. The molecule has 0 N–H and O–H groups in total. The molecule has 0 heterocycles. The third-order valence-electron chi connectivity index (χ3n) is 3.22. The molecule has 1 aromatic rings. The summed E-state index contributed by atoms with van der Waals surface area (Å²) in [4.78, 5) is 23.5. The average Bonchev–Trinajstić information content (AvgIpc) is 2.42. The number of hydrogen-bond acceptors (Lipinski definition) is 4. The zero-order valence-corrected chi connectivity index (χ0v) is 12.7. The van der Waals surface area contributed by atoms with Crippen LogP contribution in [0.2, 0.25) is 0 Å². The van der Waals surface area contributed by atoms with Gasteiger partial charge in [0, 0.05) is 12.1 Å². The van der Waals surface area contributed by atoms with Gasteiger partial charge in [-0.05, 0) is 27.2 Å². The van der Waals surface area contributed by atoms with E-state index in [0.717, 1.165) is 0 Å². The quantitative estimate of drug-likeness (QED) is 0.617. The first-order chi connectivity index (χ1) is 10.1. The molecule has 0 saturated heterocycles. The van der Waals surface area contributed by atoms with Crippen LogP contribution in [-0.2, 0) is 14.3 Å². The highest BCUT2D eigenvalue weighted by atomic mass is 19.1. The van der Waals surface area contributed by atoms with Gasteiger partial charge in [0.2, 0.25) is 5.75 Å². The number of rotatable bonds is 5. The number of carbonyl (C=O) groups excluding carboxylic acids is 2. The lowest BCUT2D eigenvalue weighted by molar-refractivity contribution is -0.168. The SMILES string of the molecule is CCC(C)(C)C(=O)OC(C)C(=O)Oc1c(F)cc(F)cc1F. The van der Waals surface area contributed by atoms with Crippen molar-refractivity contribution in [2.24, 2.45) is 5.41 Å². The molecule has 1 aromatic carbocycles. The largest absolute Gasteiger partial charge is 0.450 e. The first kappa shape index (κ1) is 18.0. The van der Waals surface area contributed by atoms with Crippen molar-refractivity contribution in [3.8, 4) is 5.75 Å². The summed E-state index contributed by atoms with van der Waals surface area (Å²) in [6.45, 7) is 6.25. The smallest absolute Gasteiger partial charge is 0.352 e. The molecule has 0 spiro atoms. The Morgan fingerprint density at radius 3 is 2.14 bits per heavy atom. The van der Waals surface area contributed by atoms with Gasteiger partial charge in [0.1, 0.15) is 5.82 Å². The second kappa shape index (κ2) is 6.81. The third kappa shape index (κ3) is 4.22. The number of carbonyl (C=O) groups is 2. The van der Waals surface area contributed by atoms with Gasteiger partial charge in [0.15, 0.2) is 17.7 Å². The van der Waals surface area contributed by atoms with Crippen molar-refractivity contribution < 1.29 is 32.2 Å². The molecule has 22 heavy (non-hydrogen) atoms. The van der Waals surface area contributed by atoms with E-state index in [1.54, 1.807) is 20.8 Å². The van der Waals surface area contributed by atoms with Crippen molar-refractivity contribution in [1.29, 1.82) is 0 Å². The van der Waals surface area contributed by atoms with Crippen LogP contribution in [-0.4, -0.2) is 18.0 Å². The Balaban J connectivity index is 2.80. The van der Waals surface area contributed by atoms with Gasteiger partial charge in [0.05, 0.1) is 5.41 Å². The van der Waals surface area contributed by atoms with E-state index in [0.29, 0.717) is 18.6 Å². The van der Waals surface area contributed by atoms with Gasteiger partial charge in [-0.2, -0.15) is 0 Å². The van der Waals surface area contributed by atoms with E-state index in [9.17, 15) is 22.8 Å². The fourth-order valence-electron chi connectivity index (χ4n) is 1.32. The normalized spacial score (nSPS) is 12.7. The number of ether oxygens (including phenoxy) is 2. The Kier molecular flexibility index (Phi) is 5.57. The summed E-state index contributed by atoms with van der Waals surface area (Å²) < 4.78 is 48.9. The monoisotopic (exact) mass is 318 g/mol. The lowest BCUT2D eigenvalue weighted by atomic mass is 9.91. The highest BCUT2D eigenvalue weighted by Crippen LogP contribution is 2.25. The molecule has 7 heteroatoms. The lowest BCUT2D eigenvalue weighted by Crippen LogP contribution is -2.34. The fraction of sp³-hybridized carbons (Fsp3) is 0.467. The van der Waals surface area contributed by atoms with E-state index in [1.165, 1.54) is 6.92 Å². The molecule has 1 unspecified atom stereocenters. The third-order valence-corrected chi connectivity index (χ3v) is 3.22. The second-order valence-electron chi connectivity index (χ2n) is 5.40. The van der Waals surface area contributed by atoms with E-state index in [2.05, 4.69) is 4.74 Å². The van der Waals surface area contributed by atoms with Crippen LogP contribution >= 0.6 is 0 Å². The first-order valence-electron chi connectivity index (χ1n) is 6.65. The van der Waals surface area contributed by atoms with Crippen molar-refractivity contribution in [3.05, 3.63) is 29.6 Å². The Hall–Kier alpha value is -2.05. The minimum atomic E-state index is -1.36. The van der Waals surface area contributed by atoms with Crippen molar-refractivity contribution in [3.63, 3.8) is 0 Å². The molecule has 0 fully saturated rings. The summed E-state index contributed by atoms with van der Waals surface area (Å²) in [5.41, 5.74) is -0.805. The van der Waals surface area contributed by atoms with Crippen molar-refractivity contribution in [2.45, 2.75) is 40.2 Å². The topological polar surface area (TPSA) is 52.6 Å². The van der Waals surface area contributed by atoms with E-state index >= 15 is 0 Å². The number of hydrogen-bond donors (Lipinski definition) is 0. The number of esters is 2. The van der Waals surface area contributed by atoms with Crippen LogP contribution in [0.3, 0.4) is 0 Å². The van der Waals surface area contributed by atoms with Crippen molar-refractivity contribution >= 4 is 11.9 Å². The second-order valence-corrected chi connectivity index (χ2v) is 5.40. The Labute approximate surface area is 126 Å². The van der Waals surface area contributed by atoms with Crippen LogP contribution in [0.1, 0.15) is 34.1 Å². The summed E-state index contributed by atoms with van der Waals surface area (Å²) in [5, 5.41) is 0. The standard InChI is InChI=1S/C15H17F3O4/c1-5-15(3,4)14(20)21-8(2)13(19)22-12-10(17)6-9(16)7-11(12)18/h6-8H,5H2,1-4H3. The summed E-state index contributed by atoms with van der Waals surface area (Å²) in [6, 6.07) is 0.755. The molecule has 0 radical (unpaired) electrons. The van der Waals surface area contributed by atoms with Crippen LogP contribution in [0.15, 0.2) is 12.1 Å². The maximum absolute atomic E-state index is 13.4. The highest BCUT2D eigenvalue weighted by molar-refractivity contribution is 5.82. The predicted octanol–water partition coefficient (Wildman–Crippen LogP) is 3.38. The zero-order chi connectivity index (χ0) is 17.1. The summed E-state index contributed by atoms with van der Waals surface area (Å²) in [7, 11) is 0. The molecule has 0 aliphatic rings. The van der Waals surface area contributed by atoms with Gasteiger partial charge in [-0.1, -0.05) is 6.92 Å². The van der Waals surface area contributed by atoms with Crippen LogP contribution < -0.4 is 4.74 Å². The molecule has 0 amide bonds. The van der Waals surface area contributed by atoms with Crippen LogP contribution in [0.25, 0.3) is 0 Å². The fourth-order valence-corrected chi connectivity index (χ4v) is 1.32. The molecule has 0 aliphatic carbocycles. The van der Waals surface area contributed by atoms with E-state index in [1.807, 2.05) is 0 Å². The molecule has 122 valence electrons. The molecule has 0 bridgehead atoms. The first-order valence-corrected chi connectivity index (χ1v) is 6.65. The maximum Gasteiger partial charge on any atom is 0.352 e. The highest BCUT2D eigenvalue weighted by Gasteiger charge is 2.31. The van der Waals surface area contributed by atoms with Gasteiger partial charge in [-0.15, -0.1) is 0 Å². The lowest BCUT2D eigenvalue weighted by Gasteiger charge is -2.22. The van der Waals surface area contributed by atoms with E-state index in [4.69, 9.17) is 4.74 Å². The van der Waals surface area contributed by atoms with Crippen LogP contribution in [0.4, 0.5) is 13.2 Å². The Morgan fingerprint density at radius 1 is 1.18 bits per heavy atom. The molecule has 4 nitrogen and oxygen atoms in total. The van der Waals surface area contributed by atoms with Gasteiger partial charge in [0.25, 0.3) is 0 Å². The van der Waals surface area contributed by atoms with E-state index in [-0.39, 0.29) is 0 Å². The van der Waals surface area contributed by atoms with Gasteiger partial charge in [-0.25, -0.2) is 18.0 Å². The van der Waals surface area contributed by atoms with Gasteiger partial charge in [-0.3, -0.25) is 4.79 Å². The Bertz CT molecular complexity index is 561. The maximum atomic E-state index is 13.4. The van der Waals surface area contributed by atoms with Crippen molar-refractivity contribution in [2.75, 3.05) is 0 Å². The minimum absolute atomic E-state index is 0.378. The minimum Gasteiger partial charge on any atom is -0.450 e. The Morgan fingerprint density at radius 2 is 1.68 bits per heavy atom.